The zero-order valence-corrected chi connectivity index (χ0v) is 26.9. The lowest BCUT2D eigenvalue weighted by Gasteiger charge is -2.26. The smallest absolute Gasteiger partial charge is 0.325 e. The number of amides is 6. The van der Waals surface area contributed by atoms with Crippen molar-refractivity contribution in [2.45, 2.75) is 88.6 Å². The number of carbonyl (C=O) groups excluding carboxylic acids is 6. The molecular weight excluding hydrogens is 638 g/mol. The van der Waals surface area contributed by atoms with Crippen molar-refractivity contribution in [3.05, 3.63) is 35.9 Å². The lowest BCUT2D eigenvalue weighted by molar-refractivity contribution is -0.142. The van der Waals surface area contributed by atoms with E-state index in [2.05, 4.69) is 31.9 Å². The van der Waals surface area contributed by atoms with Crippen molar-refractivity contribution in [1.82, 2.24) is 31.9 Å². The van der Waals surface area contributed by atoms with Gasteiger partial charge in [-0.2, -0.15) is 0 Å². The first-order valence-corrected chi connectivity index (χ1v) is 14.9. The molecule has 13 N–H and O–H groups in total. The Labute approximate surface area is 276 Å². The van der Waals surface area contributed by atoms with Crippen LogP contribution in [0.3, 0.4) is 0 Å². The molecule has 1 rings (SSSR count). The highest BCUT2D eigenvalue weighted by Crippen LogP contribution is 2.04. The third kappa shape index (κ3) is 13.2. The molecule has 0 heterocycles. The molecule has 19 nitrogen and oxygen atoms in total. The maximum atomic E-state index is 12.9. The van der Waals surface area contributed by atoms with E-state index in [1.54, 1.807) is 30.3 Å². The number of rotatable bonds is 19. The van der Waals surface area contributed by atoms with Gasteiger partial charge in [0, 0.05) is 0 Å². The monoisotopic (exact) mass is 683 g/mol. The molecule has 1 aromatic carbocycles. The highest BCUT2D eigenvalue weighted by atomic mass is 16.4. The van der Waals surface area contributed by atoms with Crippen LogP contribution in [-0.4, -0.2) is 135 Å². The quantitative estimate of drug-likeness (QED) is 0.0648. The fraction of sp³-hybridized carbons (Fsp3) is 0.552. The first kappa shape index (κ1) is 41.3. The summed E-state index contributed by atoms with van der Waals surface area (Å²) in [5.41, 5.74) is 6.68. The van der Waals surface area contributed by atoms with Crippen LogP contribution in [0.5, 0.6) is 0 Å². The Balaban J connectivity index is 2.84. The molecular formula is C29H45N7O12. The van der Waals surface area contributed by atoms with Gasteiger partial charge in [-0.15, -0.1) is 0 Å². The number of nitrogens with one attached hydrogen (secondary N) is 6. The fourth-order valence-corrected chi connectivity index (χ4v) is 3.98. The number of aliphatic carboxylic acids is 1. The standard InChI is InChI=1S/C29H45N7O12/c1-13(23(41)35-21(15(3)39)27(45)32-14(2)29(47)48)31-25(43)19(11-37)33-26(44)20(12-38)34-28(46)22(16(4)40)36-24(42)18(30)10-17-8-6-5-7-9-17/h5-9,13-16,18-22,37-40H,10-12,30H2,1-4H3,(H,31,43)(H,32,45)(H,33,44)(H,34,46)(H,35,41)(H,36,42)(H,47,48)/t13-,14-,15+,16+,18-,19-,20-,21-,22-/m0/s1. The van der Waals surface area contributed by atoms with Crippen LogP contribution in [0.2, 0.25) is 0 Å². The van der Waals surface area contributed by atoms with Gasteiger partial charge in [0.15, 0.2) is 0 Å². The van der Waals surface area contributed by atoms with Crippen LogP contribution in [0.4, 0.5) is 0 Å². The van der Waals surface area contributed by atoms with Crippen molar-refractivity contribution < 1.29 is 59.1 Å². The van der Waals surface area contributed by atoms with Crippen LogP contribution in [0, 0.1) is 0 Å². The molecule has 0 saturated heterocycles. The fourth-order valence-electron chi connectivity index (χ4n) is 3.98. The molecule has 1 aromatic rings. The minimum atomic E-state index is -1.73. The van der Waals surface area contributed by atoms with E-state index in [9.17, 15) is 54.0 Å². The number of nitrogens with two attached hydrogens (primary N) is 1. The molecule has 0 bridgehead atoms. The van der Waals surface area contributed by atoms with Crippen molar-refractivity contribution in [2.24, 2.45) is 5.73 Å². The van der Waals surface area contributed by atoms with Crippen LogP contribution < -0.4 is 37.6 Å². The summed E-state index contributed by atoms with van der Waals surface area (Å²) in [5.74, 6) is -7.50. The zero-order valence-electron chi connectivity index (χ0n) is 26.9. The van der Waals surface area contributed by atoms with Crippen molar-refractivity contribution in [3.8, 4) is 0 Å². The Morgan fingerprint density at radius 1 is 0.604 bits per heavy atom. The maximum Gasteiger partial charge on any atom is 0.325 e. The average Bonchev–Trinajstić information content (AvgIpc) is 3.02. The van der Waals surface area contributed by atoms with Crippen molar-refractivity contribution in [1.29, 1.82) is 0 Å². The lowest BCUT2D eigenvalue weighted by atomic mass is 10.0. The predicted octanol–water partition coefficient (Wildman–Crippen LogP) is -5.66. The van der Waals surface area contributed by atoms with E-state index in [1.165, 1.54) is 13.8 Å². The van der Waals surface area contributed by atoms with Gasteiger partial charge < -0.3 is 63.2 Å². The molecule has 6 amide bonds. The molecule has 0 radical (unpaired) electrons. The summed E-state index contributed by atoms with van der Waals surface area (Å²) in [6.07, 6.45) is -2.82. The first-order chi connectivity index (χ1) is 22.4. The van der Waals surface area contributed by atoms with E-state index in [1.807, 2.05) is 0 Å². The van der Waals surface area contributed by atoms with Crippen LogP contribution in [0.15, 0.2) is 30.3 Å². The van der Waals surface area contributed by atoms with Crippen molar-refractivity contribution in [2.75, 3.05) is 13.2 Å². The molecule has 48 heavy (non-hydrogen) atoms. The number of carbonyl (C=O) groups is 7. The van der Waals surface area contributed by atoms with Crippen LogP contribution in [-0.2, 0) is 40.0 Å². The Morgan fingerprint density at radius 3 is 1.48 bits per heavy atom. The minimum absolute atomic E-state index is 0.121. The number of aliphatic hydroxyl groups excluding tert-OH is 4. The topological polar surface area (TPSA) is 319 Å². The summed E-state index contributed by atoms with van der Waals surface area (Å²) in [6.45, 7) is 2.67. The third-order valence-corrected chi connectivity index (χ3v) is 6.87. The number of carboxylic acids is 1. The lowest BCUT2D eigenvalue weighted by Crippen LogP contribution is -2.62. The summed E-state index contributed by atoms with van der Waals surface area (Å²) in [4.78, 5) is 87.1. The molecule has 0 aliphatic heterocycles. The van der Waals surface area contributed by atoms with Gasteiger partial charge in [0.1, 0.15) is 36.3 Å². The second-order valence-corrected chi connectivity index (χ2v) is 11.0. The van der Waals surface area contributed by atoms with Gasteiger partial charge in [0.2, 0.25) is 35.4 Å². The van der Waals surface area contributed by atoms with Crippen LogP contribution in [0.1, 0.15) is 33.3 Å². The van der Waals surface area contributed by atoms with E-state index in [0.717, 1.165) is 19.4 Å². The second kappa shape index (κ2) is 19.9. The number of hydrogen-bond acceptors (Lipinski definition) is 12. The van der Waals surface area contributed by atoms with Crippen LogP contribution in [0.25, 0.3) is 0 Å². The highest BCUT2D eigenvalue weighted by Gasteiger charge is 2.34. The van der Waals surface area contributed by atoms with Crippen molar-refractivity contribution in [3.63, 3.8) is 0 Å². The highest BCUT2D eigenvalue weighted by molar-refractivity contribution is 5.97. The maximum absolute atomic E-state index is 12.9. The SMILES string of the molecule is C[C@H](NC(=O)[C@@H](NC(=O)[C@H](C)NC(=O)[C@H](CO)NC(=O)[C@H](CO)NC(=O)[C@@H](NC(=O)[C@@H](N)Cc1ccccc1)[C@@H](C)O)[C@@H](C)O)C(=O)O. The molecule has 9 atom stereocenters. The molecule has 19 heteroatoms. The molecule has 268 valence electrons. The summed E-state index contributed by atoms with van der Waals surface area (Å²) in [7, 11) is 0. The molecule has 0 aromatic heterocycles. The molecule has 0 aliphatic carbocycles. The number of aliphatic hydroxyl groups is 4. The molecule has 0 fully saturated rings. The Bertz CT molecular complexity index is 1280. The van der Waals surface area contributed by atoms with E-state index in [-0.39, 0.29) is 6.42 Å². The summed E-state index contributed by atoms with van der Waals surface area (Å²) in [6, 6.07) is -1.73. The van der Waals surface area contributed by atoms with Gasteiger partial charge in [0.25, 0.3) is 0 Å². The Morgan fingerprint density at radius 2 is 1.02 bits per heavy atom. The van der Waals surface area contributed by atoms with Gasteiger partial charge in [-0.05, 0) is 39.7 Å². The minimum Gasteiger partial charge on any atom is -0.480 e. The van der Waals surface area contributed by atoms with Gasteiger partial charge in [-0.25, -0.2) is 0 Å². The van der Waals surface area contributed by atoms with E-state index >= 15 is 0 Å². The molecule has 0 saturated carbocycles. The number of carboxylic acid groups (broad SMARTS) is 1. The van der Waals surface area contributed by atoms with Crippen LogP contribution >= 0.6 is 0 Å². The largest absolute Gasteiger partial charge is 0.480 e. The predicted molar refractivity (Wildman–Crippen MR) is 166 cm³/mol. The van der Waals surface area contributed by atoms with Crippen molar-refractivity contribution >= 4 is 41.4 Å². The second-order valence-electron chi connectivity index (χ2n) is 11.0. The molecule has 0 spiro atoms. The van der Waals surface area contributed by atoms with Gasteiger partial charge in [-0.3, -0.25) is 33.6 Å². The normalized spacial score (nSPS) is 16.6. The average molecular weight is 684 g/mol. The molecule has 0 unspecified atom stereocenters. The summed E-state index contributed by atoms with van der Waals surface area (Å²) in [5, 5.41) is 61.5. The van der Waals surface area contributed by atoms with Gasteiger partial charge in [0.05, 0.1) is 31.5 Å². The number of benzene rings is 1. The first-order valence-electron chi connectivity index (χ1n) is 14.9. The molecule has 0 aliphatic rings. The zero-order chi connectivity index (χ0) is 36.7. The van der Waals surface area contributed by atoms with Gasteiger partial charge >= 0.3 is 5.97 Å². The number of hydrogen-bond donors (Lipinski definition) is 12. The summed E-state index contributed by atoms with van der Waals surface area (Å²) >= 11 is 0. The van der Waals surface area contributed by atoms with E-state index in [4.69, 9.17) is 10.8 Å². The third-order valence-electron chi connectivity index (χ3n) is 6.87. The Kier molecular flexibility index (Phi) is 17.1. The summed E-state index contributed by atoms with van der Waals surface area (Å²) < 4.78 is 0. The van der Waals surface area contributed by atoms with Gasteiger partial charge in [-0.1, -0.05) is 30.3 Å². The van der Waals surface area contributed by atoms with E-state index in [0.29, 0.717) is 0 Å². The Hall–Kier alpha value is -4.69. The van der Waals surface area contributed by atoms with E-state index < -0.39 is 109 Å².